The van der Waals surface area contributed by atoms with Crippen LogP contribution in [0, 0.1) is 0 Å². The zero-order chi connectivity index (χ0) is 19.0. The van der Waals surface area contributed by atoms with Gasteiger partial charge in [-0.15, -0.1) is 11.3 Å². The highest BCUT2D eigenvalue weighted by atomic mass is 32.1. The van der Waals surface area contributed by atoms with Crippen LogP contribution in [0.25, 0.3) is 22.3 Å². The molecule has 0 fully saturated rings. The number of nitrogens with zero attached hydrogens (tertiary/aromatic N) is 2. The maximum atomic E-state index is 12.5. The van der Waals surface area contributed by atoms with Crippen LogP contribution in [0.4, 0.5) is 5.82 Å². The number of nitrogens with two attached hydrogens (primary N) is 1. The van der Waals surface area contributed by atoms with Crippen LogP contribution >= 0.6 is 11.3 Å². The Morgan fingerprint density at radius 1 is 1.19 bits per heavy atom. The number of ether oxygens (including phenoxy) is 1. The molecule has 27 heavy (non-hydrogen) atoms. The number of methoxy groups -OCH3 is 1. The molecular formula is C20H15N3O3S. The molecule has 0 bridgehead atoms. The van der Waals surface area contributed by atoms with E-state index in [1.54, 1.807) is 22.6 Å². The molecule has 0 amide bonds. The van der Waals surface area contributed by atoms with Gasteiger partial charge in [0.15, 0.2) is 10.7 Å². The number of carbonyl (C=O) groups excluding carboxylic acids is 1. The Morgan fingerprint density at radius 2 is 1.96 bits per heavy atom. The number of hydrogen-bond donors (Lipinski definition) is 1. The molecule has 0 saturated carbocycles. The Balaban J connectivity index is 1.91. The molecular weight excluding hydrogens is 362 g/mol. The monoisotopic (exact) mass is 377 g/mol. The maximum Gasteiger partial charge on any atom is 0.283 e. The van der Waals surface area contributed by atoms with Crippen molar-refractivity contribution in [3.8, 4) is 11.3 Å². The molecule has 0 aliphatic heterocycles. The summed E-state index contributed by atoms with van der Waals surface area (Å²) in [6.45, 7) is 0. The van der Waals surface area contributed by atoms with Crippen LogP contribution in [-0.2, 0) is 9.53 Å². The molecule has 7 heteroatoms. The van der Waals surface area contributed by atoms with E-state index < -0.39 is 5.56 Å². The summed E-state index contributed by atoms with van der Waals surface area (Å²) in [4.78, 5) is 28.9. The molecule has 2 heterocycles. The number of thiazole rings is 1. The van der Waals surface area contributed by atoms with Crippen molar-refractivity contribution in [2.75, 3.05) is 12.8 Å². The van der Waals surface area contributed by atoms with E-state index in [0.717, 1.165) is 11.3 Å². The van der Waals surface area contributed by atoms with Crippen LogP contribution in [0.2, 0.25) is 0 Å². The molecule has 0 saturated heterocycles. The molecule has 1 aromatic carbocycles. The van der Waals surface area contributed by atoms with Crippen molar-refractivity contribution in [3.63, 3.8) is 0 Å². The summed E-state index contributed by atoms with van der Waals surface area (Å²) in [6, 6.07) is 9.76. The van der Waals surface area contributed by atoms with Crippen molar-refractivity contribution in [1.29, 1.82) is 0 Å². The lowest BCUT2D eigenvalue weighted by Crippen LogP contribution is -2.16. The lowest BCUT2D eigenvalue weighted by Gasteiger charge is -2.10. The number of allylic oxidation sites excluding steroid dienone is 4. The number of ketones is 1. The van der Waals surface area contributed by atoms with Gasteiger partial charge in [-0.25, -0.2) is 0 Å². The number of aromatic nitrogens is 2. The van der Waals surface area contributed by atoms with Gasteiger partial charge < -0.3 is 10.5 Å². The number of benzene rings is 1. The quantitative estimate of drug-likeness (QED) is 0.758. The van der Waals surface area contributed by atoms with Gasteiger partial charge in [-0.2, -0.15) is 4.98 Å². The van der Waals surface area contributed by atoms with Gasteiger partial charge in [-0.3, -0.25) is 14.0 Å². The summed E-state index contributed by atoms with van der Waals surface area (Å²) < 4.78 is 6.83. The first-order chi connectivity index (χ1) is 13.1. The summed E-state index contributed by atoms with van der Waals surface area (Å²) in [5.74, 6) is 0.282. The minimum Gasteiger partial charge on any atom is -0.493 e. The van der Waals surface area contributed by atoms with Crippen molar-refractivity contribution >= 4 is 34.0 Å². The highest BCUT2D eigenvalue weighted by molar-refractivity contribution is 7.15. The molecule has 0 radical (unpaired) electrons. The lowest BCUT2D eigenvalue weighted by atomic mass is 10.0. The van der Waals surface area contributed by atoms with Gasteiger partial charge in [-0.1, -0.05) is 36.4 Å². The third kappa shape index (κ3) is 2.98. The fourth-order valence-electron chi connectivity index (χ4n) is 2.89. The topological polar surface area (TPSA) is 86.7 Å². The first-order valence-corrected chi connectivity index (χ1v) is 9.01. The Labute approximate surface area is 158 Å². The largest absolute Gasteiger partial charge is 0.493 e. The van der Waals surface area contributed by atoms with Gasteiger partial charge in [0.2, 0.25) is 5.78 Å². The van der Waals surface area contributed by atoms with Gasteiger partial charge in [0.05, 0.1) is 18.4 Å². The highest BCUT2D eigenvalue weighted by Gasteiger charge is 2.16. The number of carbonyl (C=O) groups is 1. The van der Waals surface area contributed by atoms with Crippen LogP contribution in [0.5, 0.6) is 0 Å². The SMILES string of the molecule is COC1=C/C(=C\c2c(N)n3c(-c4ccccc4)csc3nc2=O)C=CC1=O. The summed E-state index contributed by atoms with van der Waals surface area (Å²) in [6.07, 6.45) is 6.20. The van der Waals surface area contributed by atoms with E-state index in [2.05, 4.69) is 4.98 Å². The van der Waals surface area contributed by atoms with E-state index in [9.17, 15) is 9.59 Å². The first-order valence-electron chi connectivity index (χ1n) is 8.13. The average Bonchev–Trinajstić information content (AvgIpc) is 3.11. The normalized spacial score (nSPS) is 15.4. The third-order valence-electron chi connectivity index (χ3n) is 4.22. The van der Waals surface area contributed by atoms with Gasteiger partial charge >= 0.3 is 0 Å². The number of nitrogen functional groups attached to an aromatic ring is 1. The molecule has 0 spiro atoms. The number of rotatable bonds is 3. The van der Waals surface area contributed by atoms with E-state index in [1.807, 2.05) is 35.7 Å². The van der Waals surface area contributed by atoms with Gasteiger partial charge in [0, 0.05) is 5.38 Å². The Kier molecular flexibility index (Phi) is 4.21. The number of fused-ring (bicyclic) bond motifs is 1. The van der Waals surface area contributed by atoms with E-state index in [0.29, 0.717) is 16.4 Å². The van der Waals surface area contributed by atoms with Crippen molar-refractivity contribution in [2.45, 2.75) is 0 Å². The molecule has 0 unspecified atom stereocenters. The molecule has 2 N–H and O–H groups in total. The minimum absolute atomic E-state index is 0.206. The van der Waals surface area contributed by atoms with E-state index >= 15 is 0 Å². The fraction of sp³-hybridized carbons (Fsp3) is 0.0500. The zero-order valence-electron chi connectivity index (χ0n) is 14.4. The predicted molar refractivity (Wildman–Crippen MR) is 106 cm³/mol. The van der Waals surface area contributed by atoms with Gasteiger partial charge in [-0.05, 0) is 29.4 Å². The Bertz CT molecular complexity index is 1200. The molecule has 0 atom stereocenters. The molecule has 134 valence electrons. The standard InChI is InChI=1S/C20H15N3O3S/c1-26-17-10-12(7-8-16(17)24)9-14-18(21)23-15(13-5-3-2-4-6-13)11-27-20(23)22-19(14)25/h2-11H,21H2,1H3/b12-9-. The fourth-order valence-corrected chi connectivity index (χ4v) is 3.78. The minimum atomic E-state index is -0.417. The molecule has 4 rings (SSSR count). The van der Waals surface area contributed by atoms with Crippen molar-refractivity contribution in [3.05, 3.63) is 81.2 Å². The predicted octanol–water partition coefficient (Wildman–Crippen LogP) is 3.06. The van der Waals surface area contributed by atoms with Crippen molar-refractivity contribution < 1.29 is 9.53 Å². The summed E-state index contributed by atoms with van der Waals surface area (Å²) in [7, 11) is 1.43. The lowest BCUT2D eigenvalue weighted by molar-refractivity contribution is -0.114. The molecule has 1 aliphatic rings. The molecule has 1 aliphatic carbocycles. The zero-order valence-corrected chi connectivity index (χ0v) is 15.2. The Morgan fingerprint density at radius 3 is 2.70 bits per heavy atom. The van der Waals surface area contributed by atoms with E-state index in [-0.39, 0.29) is 17.1 Å². The number of anilines is 1. The second-order valence-corrected chi connectivity index (χ2v) is 6.71. The van der Waals surface area contributed by atoms with Crippen LogP contribution < -0.4 is 11.3 Å². The maximum absolute atomic E-state index is 12.5. The van der Waals surface area contributed by atoms with Crippen LogP contribution in [0.1, 0.15) is 5.56 Å². The van der Waals surface area contributed by atoms with Gasteiger partial charge in [0.1, 0.15) is 5.82 Å². The van der Waals surface area contributed by atoms with E-state index in [4.69, 9.17) is 10.5 Å². The van der Waals surface area contributed by atoms with Crippen LogP contribution in [0.3, 0.4) is 0 Å². The second-order valence-electron chi connectivity index (χ2n) is 5.88. The third-order valence-corrected chi connectivity index (χ3v) is 5.05. The summed E-state index contributed by atoms with van der Waals surface area (Å²) in [5.41, 5.74) is 8.68. The van der Waals surface area contributed by atoms with Gasteiger partial charge in [0.25, 0.3) is 5.56 Å². The molecule has 3 aromatic rings. The highest BCUT2D eigenvalue weighted by Crippen LogP contribution is 2.28. The van der Waals surface area contributed by atoms with E-state index in [1.165, 1.54) is 24.5 Å². The smallest absolute Gasteiger partial charge is 0.283 e. The summed E-state index contributed by atoms with van der Waals surface area (Å²) in [5, 5.41) is 1.92. The summed E-state index contributed by atoms with van der Waals surface area (Å²) >= 11 is 1.36. The molecule has 2 aromatic heterocycles. The first kappa shape index (κ1) is 17.0. The molecule has 6 nitrogen and oxygen atoms in total. The average molecular weight is 377 g/mol. The van der Waals surface area contributed by atoms with Crippen LogP contribution in [-0.4, -0.2) is 22.3 Å². The second kappa shape index (κ2) is 6.69. The van der Waals surface area contributed by atoms with Crippen molar-refractivity contribution in [2.24, 2.45) is 0 Å². The van der Waals surface area contributed by atoms with Crippen LogP contribution in [0.15, 0.2) is 70.1 Å². The Hall–Kier alpha value is -3.45. The van der Waals surface area contributed by atoms with Crippen molar-refractivity contribution in [1.82, 2.24) is 9.38 Å². The number of hydrogen-bond acceptors (Lipinski definition) is 6.